The maximum atomic E-state index is 5.69. The number of aromatic nitrogens is 1. The number of hydrogen-bond acceptors (Lipinski definition) is 4. The summed E-state index contributed by atoms with van der Waals surface area (Å²) in [5, 5.41) is 0. The Morgan fingerprint density at radius 2 is 2.19 bits per heavy atom. The van der Waals surface area contributed by atoms with Crippen molar-refractivity contribution >= 4 is 0 Å². The van der Waals surface area contributed by atoms with Gasteiger partial charge in [0, 0.05) is 38.3 Å². The van der Waals surface area contributed by atoms with Crippen LogP contribution < -0.4 is 10.5 Å². The number of methoxy groups -OCH3 is 1. The van der Waals surface area contributed by atoms with Gasteiger partial charge in [0.15, 0.2) is 0 Å². The first-order valence-electron chi connectivity index (χ1n) is 5.54. The van der Waals surface area contributed by atoms with Gasteiger partial charge in [-0.1, -0.05) is 0 Å². The van der Waals surface area contributed by atoms with Crippen molar-refractivity contribution in [2.45, 2.75) is 25.8 Å². The van der Waals surface area contributed by atoms with Gasteiger partial charge in [0.1, 0.15) is 5.75 Å². The highest BCUT2D eigenvalue weighted by Crippen LogP contribution is 2.10. The summed E-state index contributed by atoms with van der Waals surface area (Å²) in [5.74, 6) is 0.796. The second-order valence-electron chi connectivity index (χ2n) is 3.86. The zero-order chi connectivity index (χ0) is 11.8. The van der Waals surface area contributed by atoms with Crippen molar-refractivity contribution in [3.8, 4) is 5.75 Å². The molecule has 1 aromatic heterocycles. The third kappa shape index (κ3) is 5.09. The standard InChI is InChI=1S/C12H20N2O2/c1-10(13)8-11-4-5-12(9-14-11)16-7-3-6-15-2/h4-5,9-10H,3,6-8,13H2,1-2H3. The lowest BCUT2D eigenvalue weighted by Gasteiger charge is -2.07. The lowest BCUT2D eigenvalue weighted by atomic mass is 10.2. The van der Waals surface area contributed by atoms with Crippen molar-refractivity contribution in [2.75, 3.05) is 20.3 Å². The maximum absolute atomic E-state index is 5.69. The van der Waals surface area contributed by atoms with Crippen LogP contribution in [0.15, 0.2) is 18.3 Å². The van der Waals surface area contributed by atoms with E-state index >= 15 is 0 Å². The molecule has 0 bridgehead atoms. The molecule has 0 saturated carbocycles. The third-order valence-electron chi connectivity index (χ3n) is 2.09. The fourth-order valence-electron chi connectivity index (χ4n) is 1.34. The van der Waals surface area contributed by atoms with Crippen LogP contribution in [0.2, 0.25) is 0 Å². The molecule has 1 unspecified atom stereocenters. The summed E-state index contributed by atoms with van der Waals surface area (Å²) in [5.41, 5.74) is 6.69. The minimum absolute atomic E-state index is 0.140. The van der Waals surface area contributed by atoms with Gasteiger partial charge in [-0.3, -0.25) is 4.98 Å². The van der Waals surface area contributed by atoms with Crippen LogP contribution in [0.5, 0.6) is 5.75 Å². The molecule has 0 fully saturated rings. The number of rotatable bonds is 7. The number of ether oxygens (including phenoxy) is 2. The summed E-state index contributed by atoms with van der Waals surface area (Å²) in [7, 11) is 1.68. The van der Waals surface area contributed by atoms with Gasteiger partial charge in [0.25, 0.3) is 0 Å². The normalized spacial score (nSPS) is 12.4. The van der Waals surface area contributed by atoms with Gasteiger partial charge in [-0.25, -0.2) is 0 Å². The Morgan fingerprint density at radius 1 is 1.38 bits per heavy atom. The average molecular weight is 224 g/mol. The molecule has 4 heteroatoms. The molecule has 4 nitrogen and oxygen atoms in total. The number of nitrogens with two attached hydrogens (primary N) is 1. The van der Waals surface area contributed by atoms with Crippen LogP contribution in [0.3, 0.4) is 0 Å². The van der Waals surface area contributed by atoms with E-state index in [9.17, 15) is 0 Å². The summed E-state index contributed by atoms with van der Waals surface area (Å²) in [6.07, 6.45) is 3.42. The van der Waals surface area contributed by atoms with Crippen LogP contribution in [0, 0.1) is 0 Å². The quantitative estimate of drug-likeness (QED) is 0.711. The van der Waals surface area contributed by atoms with E-state index in [1.54, 1.807) is 13.3 Å². The Morgan fingerprint density at radius 3 is 2.75 bits per heavy atom. The summed E-state index contributed by atoms with van der Waals surface area (Å²) in [4.78, 5) is 4.28. The van der Waals surface area contributed by atoms with Gasteiger partial charge < -0.3 is 15.2 Å². The Bertz CT molecular complexity index is 286. The van der Waals surface area contributed by atoms with E-state index in [0.29, 0.717) is 6.61 Å². The lowest BCUT2D eigenvalue weighted by Crippen LogP contribution is -2.18. The summed E-state index contributed by atoms with van der Waals surface area (Å²) < 4.78 is 10.4. The second-order valence-corrected chi connectivity index (χ2v) is 3.86. The van der Waals surface area contributed by atoms with Crippen LogP contribution in [0.25, 0.3) is 0 Å². The van der Waals surface area contributed by atoms with E-state index in [2.05, 4.69) is 4.98 Å². The average Bonchev–Trinajstić information content (AvgIpc) is 2.26. The van der Waals surface area contributed by atoms with Crippen molar-refractivity contribution < 1.29 is 9.47 Å². The Hall–Kier alpha value is -1.13. The molecular weight excluding hydrogens is 204 g/mol. The molecule has 16 heavy (non-hydrogen) atoms. The van der Waals surface area contributed by atoms with Crippen molar-refractivity contribution in [1.29, 1.82) is 0 Å². The van der Waals surface area contributed by atoms with Gasteiger partial charge >= 0.3 is 0 Å². The predicted molar refractivity (Wildman–Crippen MR) is 63.6 cm³/mol. The van der Waals surface area contributed by atoms with Crippen molar-refractivity contribution in [3.63, 3.8) is 0 Å². The molecule has 0 radical (unpaired) electrons. The minimum atomic E-state index is 0.140. The van der Waals surface area contributed by atoms with Gasteiger partial charge in [-0.15, -0.1) is 0 Å². The monoisotopic (exact) mass is 224 g/mol. The summed E-state index contributed by atoms with van der Waals surface area (Å²) >= 11 is 0. The van der Waals surface area contributed by atoms with Gasteiger partial charge in [-0.2, -0.15) is 0 Å². The van der Waals surface area contributed by atoms with Crippen LogP contribution in [0.4, 0.5) is 0 Å². The smallest absolute Gasteiger partial charge is 0.137 e. The molecule has 2 N–H and O–H groups in total. The van der Waals surface area contributed by atoms with E-state index in [-0.39, 0.29) is 6.04 Å². The minimum Gasteiger partial charge on any atom is -0.492 e. The molecule has 0 aliphatic rings. The molecule has 1 heterocycles. The molecule has 0 aromatic carbocycles. The first kappa shape index (κ1) is 12.9. The van der Waals surface area contributed by atoms with Gasteiger partial charge in [0.2, 0.25) is 0 Å². The number of pyridine rings is 1. The zero-order valence-electron chi connectivity index (χ0n) is 9.98. The fraction of sp³-hybridized carbons (Fsp3) is 0.583. The first-order valence-corrected chi connectivity index (χ1v) is 5.54. The van der Waals surface area contributed by atoms with E-state index in [4.69, 9.17) is 15.2 Å². The molecule has 1 atom stereocenters. The Labute approximate surface area is 96.8 Å². The third-order valence-corrected chi connectivity index (χ3v) is 2.09. The number of nitrogens with zero attached hydrogens (tertiary/aromatic N) is 1. The molecule has 0 aliphatic carbocycles. The largest absolute Gasteiger partial charge is 0.492 e. The first-order chi connectivity index (χ1) is 7.72. The molecule has 0 spiro atoms. The van der Waals surface area contributed by atoms with Crippen LogP contribution in [-0.2, 0) is 11.2 Å². The number of hydrogen-bond donors (Lipinski definition) is 1. The molecule has 1 aromatic rings. The van der Waals surface area contributed by atoms with Crippen LogP contribution >= 0.6 is 0 Å². The fourth-order valence-corrected chi connectivity index (χ4v) is 1.34. The van der Waals surface area contributed by atoms with Gasteiger partial charge in [0.05, 0.1) is 12.8 Å². The zero-order valence-corrected chi connectivity index (χ0v) is 9.98. The topological polar surface area (TPSA) is 57.4 Å². The highest BCUT2D eigenvalue weighted by atomic mass is 16.5. The van der Waals surface area contributed by atoms with E-state index in [1.165, 1.54) is 0 Å². The molecule has 90 valence electrons. The summed E-state index contributed by atoms with van der Waals surface area (Å²) in [6.45, 7) is 3.34. The molecule has 0 saturated heterocycles. The second kappa shape index (κ2) is 7.19. The molecule has 0 aliphatic heterocycles. The Kier molecular flexibility index (Phi) is 5.82. The lowest BCUT2D eigenvalue weighted by molar-refractivity contribution is 0.172. The van der Waals surface area contributed by atoms with Crippen LogP contribution in [-0.4, -0.2) is 31.3 Å². The van der Waals surface area contributed by atoms with Crippen LogP contribution in [0.1, 0.15) is 19.0 Å². The van der Waals surface area contributed by atoms with E-state index < -0.39 is 0 Å². The highest BCUT2D eigenvalue weighted by Gasteiger charge is 2.00. The SMILES string of the molecule is COCCCOc1ccc(CC(C)N)nc1. The molecule has 0 amide bonds. The van der Waals surface area contributed by atoms with E-state index in [0.717, 1.165) is 30.9 Å². The van der Waals surface area contributed by atoms with E-state index in [1.807, 2.05) is 19.1 Å². The van der Waals surface area contributed by atoms with Crippen molar-refractivity contribution in [1.82, 2.24) is 4.98 Å². The molecular formula is C12H20N2O2. The maximum Gasteiger partial charge on any atom is 0.137 e. The van der Waals surface area contributed by atoms with Crippen molar-refractivity contribution in [3.05, 3.63) is 24.0 Å². The molecule has 1 rings (SSSR count). The summed E-state index contributed by atoms with van der Waals surface area (Å²) in [6, 6.07) is 4.02. The highest BCUT2D eigenvalue weighted by molar-refractivity contribution is 5.20. The van der Waals surface area contributed by atoms with Gasteiger partial charge in [-0.05, 0) is 19.1 Å². The Balaban J connectivity index is 2.33. The predicted octanol–water partition coefficient (Wildman–Crippen LogP) is 1.39. The van der Waals surface area contributed by atoms with Crippen molar-refractivity contribution in [2.24, 2.45) is 5.73 Å².